The maximum absolute atomic E-state index is 14.0. The second-order valence-electron chi connectivity index (χ2n) is 5.84. The van der Waals surface area contributed by atoms with E-state index < -0.39 is 23.7 Å². The first kappa shape index (κ1) is 16.3. The van der Waals surface area contributed by atoms with Crippen LogP contribution in [-0.4, -0.2) is 5.11 Å². The first-order chi connectivity index (χ1) is 9.84. The molecule has 0 spiro atoms. The lowest BCUT2D eigenvalue weighted by molar-refractivity contribution is -0.140. The molecule has 1 aromatic carbocycles. The number of alkyl halides is 3. The van der Waals surface area contributed by atoms with Crippen molar-refractivity contribution < 1.29 is 22.7 Å². The third-order valence-corrected chi connectivity index (χ3v) is 4.57. The summed E-state index contributed by atoms with van der Waals surface area (Å²) in [6, 6.07) is 3.11. The highest BCUT2D eigenvalue weighted by molar-refractivity contribution is 5.30. The smallest absolute Gasteiger partial charge is 0.388 e. The second-order valence-corrected chi connectivity index (χ2v) is 5.84. The quantitative estimate of drug-likeness (QED) is 0.771. The summed E-state index contributed by atoms with van der Waals surface area (Å²) >= 11 is 0. The summed E-state index contributed by atoms with van der Waals surface area (Å²) in [4.78, 5) is 0. The summed E-state index contributed by atoms with van der Waals surface area (Å²) in [7, 11) is 0. The van der Waals surface area contributed by atoms with Crippen LogP contribution in [0, 0.1) is 17.7 Å². The van der Waals surface area contributed by atoms with E-state index in [1.165, 1.54) is 6.07 Å². The maximum atomic E-state index is 14.0. The third kappa shape index (κ3) is 3.57. The topological polar surface area (TPSA) is 20.2 Å². The molecule has 21 heavy (non-hydrogen) atoms. The second kappa shape index (κ2) is 6.34. The first-order valence-electron chi connectivity index (χ1n) is 7.38. The van der Waals surface area contributed by atoms with E-state index in [1.807, 2.05) is 0 Å². The fourth-order valence-corrected chi connectivity index (χ4v) is 3.16. The fraction of sp³-hybridized carbons (Fsp3) is 0.625. The minimum absolute atomic E-state index is 0.161. The molecule has 0 saturated heterocycles. The van der Waals surface area contributed by atoms with E-state index in [9.17, 15) is 22.7 Å². The van der Waals surface area contributed by atoms with Gasteiger partial charge in [-0.15, -0.1) is 0 Å². The number of hydrogen-bond acceptors (Lipinski definition) is 1. The predicted octanol–water partition coefficient (Wildman–Crippen LogP) is 5.09. The van der Waals surface area contributed by atoms with E-state index in [2.05, 4.69) is 6.92 Å². The summed E-state index contributed by atoms with van der Waals surface area (Å²) < 4.78 is 52.2. The number of halogens is 4. The lowest BCUT2D eigenvalue weighted by atomic mass is 9.77. The molecule has 1 aromatic rings. The van der Waals surface area contributed by atoms with Crippen LogP contribution in [0.4, 0.5) is 17.6 Å². The third-order valence-electron chi connectivity index (χ3n) is 4.57. The summed E-state index contributed by atoms with van der Waals surface area (Å²) in [5.74, 6) is -0.888. The SMILES string of the molecule is CCC1CCC(C(O)c2cccc(C(F)(F)F)c2F)CC1. The van der Waals surface area contributed by atoms with Crippen LogP contribution >= 0.6 is 0 Å². The molecule has 1 atom stereocenters. The van der Waals surface area contributed by atoms with Gasteiger partial charge in [0.05, 0.1) is 11.7 Å². The monoisotopic (exact) mass is 304 g/mol. The zero-order valence-electron chi connectivity index (χ0n) is 12.0. The Morgan fingerprint density at radius 2 is 1.81 bits per heavy atom. The highest BCUT2D eigenvalue weighted by atomic mass is 19.4. The molecule has 1 aliphatic carbocycles. The van der Waals surface area contributed by atoms with Gasteiger partial charge in [-0.2, -0.15) is 13.2 Å². The zero-order valence-corrected chi connectivity index (χ0v) is 12.0. The molecule has 0 radical (unpaired) electrons. The van der Waals surface area contributed by atoms with Crippen LogP contribution in [0.5, 0.6) is 0 Å². The fourth-order valence-electron chi connectivity index (χ4n) is 3.16. The minimum atomic E-state index is -4.74. The van der Waals surface area contributed by atoms with Gasteiger partial charge in [-0.05, 0) is 30.7 Å². The number of hydrogen-bond donors (Lipinski definition) is 1. The Bertz CT molecular complexity index is 476. The molecule has 1 fully saturated rings. The number of rotatable bonds is 3. The Labute approximate surface area is 122 Å². The van der Waals surface area contributed by atoms with E-state index >= 15 is 0 Å². The van der Waals surface area contributed by atoms with Gasteiger partial charge in [-0.25, -0.2) is 4.39 Å². The van der Waals surface area contributed by atoms with E-state index in [1.54, 1.807) is 0 Å². The molecule has 1 saturated carbocycles. The van der Waals surface area contributed by atoms with Gasteiger partial charge in [-0.3, -0.25) is 0 Å². The van der Waals surface area contributed by atoms with Crippen molar-refractivity contribution in [1.29, 1.82) is 0 Å². The van der Waals surface area contributed by atoms with Crippen LogP contribution in [-0.2, 0) is 6.18 Å². The molecule has 118 valence electrons. The Hall–Kier alpha value is -1.10. The summed E-state index contributed by atoms with van der Waals surface area (Å²) in [6.45, 7) is 2.11. The van der Waals surface area contributed by atoms with Crippen molar-refractivity contribution in [3.63, 3.8) is 0 Å². The molecule has 1 unspecified atom stereocenters. The molecule has 0 bridgehead atoms. The summed E-state index contributed by atoms with van der Waals surface area (Å²) in [6.07, 6.45) is -1.48. The average Bonchev–Trinajstić information content (AvgIpc) is 2.45. The normalized spacial score (nSPS) is 24.9. The van der Waals surface area contributed by atoms with Crippen molar-refractivity contribution in [2.75, 3.05) is 0 Å². The van der Waals surface area contributed by atoms with Gasteiger partial charge in [0, 0.05) is 5.56 Å². The van der Waals surface area contributed by atoms with Crippen molar-refractivity contribution in [3.05, 3.63) is 35.1 Å². The Morgan fingerprint density at radius 1 is 1.19 bits per heavy atom. The van der Waals surface area contributed by atoms with E-state index in [-0.39, 0.29) is 11.5 Å². The lowest BCUT2D eigenvalue weighted by Crippen LogP contribution is -2.22. The number of benzene rings is 1. The molecule has 1 nitrogen and oxygen atoms in total. The zero-order chi connectivity index (χ0) is 15.6. The van der Waals surface area contributed by atoms with Gasteiger partial charge >= 0.3 is 6.18 Å². The lowest BCUT2D eigenvalue weighted by Gasteiger charge is -2.31. The van der Waals surface area contributed by atoms with Crippen LogP contribution in [0.2, 0.25) is 0 Å². The molecular weight excluding hydrogens is 284 g/mol. The van der Waals surface area contributed by atoms with Gasteiger partial charge in [0.2, 0.25) is 0 Å². The van der Waals surface area contributed by atoms with Crippen LogP contribution in [0.25, 0.3) is 0 Å². The van der Waals surface area contributed by atoms with Crippen LogP contribution in [0.3, 0.4) is 0 Å². The van der Waals surface area contributed by atoms with Crippen molar-refractivity contribution in [3.8, 4) is 0 Å². The summed E-state index contributed by atoms with van der Waals surface area (Å²) in [5, 5.41) is 10.3. The minimum Gasteiger partial charge on any atom is -0.388 e. The van der Waals surface area contributed by atoms with E-state index in [0.29, 0.717) is 12.0 Å². The van der Waals surface area contributed by atoms with Gasteiger partial charge in [0.25, 0.3) is 0 Å². The Balaban J connectivity index is 2.18. The predicted molar refractivity (Wildman–Crippen MR) is 72.1 cm³/mol. The Morgan fingerprint density at radius 3 is 2.33 bits per heavy atom. The van der Waals surface area contributed by atoms with Gasteiger partial charge in [-0.1, -0.05) is 38.3 Å². The van der Waals surface area contributed by atoms with Crippen LogP contribution in [0.1, 0.15) is 56.3 Å². The largest absolute Gasteiger partial charge is 0.419 e. The average molecular weight is 304 g/mol. The highest BCUT2D eigenvalue weighted by Crippen LogP contribution is 2.40. The molecule has 1 aliphatic rings. The van der Waals surface area contributed by atoms with Crippen molar-refractivity contribution in [2.24, 2.45) is 11.8 Å². The van der Waals surface area contributed by atoms with Crippen LogP contribution in [0.15, 0.2) is 18.2 Å². The number of aliphatic hydroxyl groups excluding tert-OH is 1. The molecule has 0 heterocycles. The van der Waals surface area contributed by atoms with Crippen LogP contribution < -0.4 is 0 Å². The van der Waals surface area contributed by atoms with Gasteiger partial charge < -0.3 is 5.11 Å². The molecule has 2 rings (SSSR count). The maximum Gasteiger partial charge on any atom is 0.419 e. The first-order valence-corrected chi connectivity index (χ1v) is 7.38. The molecule has 0 amide bonds. The highest BCUT2D eigenvalue weighted by Gasteiger charge is 2.37. The van der Waals surface area contributed by atoms with Gasteiger partial charge in [0.15, 0.2) is 0 Å². The summed E-state index contributed by atoms with van der Waals surface area (Å²) in [5.41, 5.74) is -1.54. The molecule has 0 aliphatic heterocycles. The van der Waals surface area contributed by atoms with Crippen molar-refractivity contribution >= 4 is 0 Å². The van der Waals surface area contributed by atoms with E-state index in [4.69, 9.17) is 0 Å². The van der Waals surface area contributed by atoms with Crippen molar-refractivity contribution in [1.82, 2.24) is 0 Å². The molecular formula is C16H20F4O. The molecule has 5 heteroatoms. The molecule has 0 aromatic heterocycles. The van der Waals surface area contributed by atoms with Crippen molar-refractivity contribution in [2.45, 2.75) is 51.3 Å². The standard InChI is InChI=1S/C16H20F4O/c1-2-10-6-8-11(9-7-10)15(21)12-4-3-5-13(14(12)17)16(18,19)20/h3-5,10-11,15,21H,2,6-9H2,1H3. The van der Waals surface area contributed by atoms with E-state index in [0.717, 1.165) is 38.2 Å². The van der Waals surface area contributed by atoms with Gasteiger partial charge in [0.1, 0.15) is 5.82 Å². The molecule has 1 N–H and O–H groups in total. The Kier molecular flexibility index (Phi) is 4.91. The number of aliphatic hydroxyl groups is 1.